The molecule has 120 valence electrons. The molecule has 0 saturated carbocycles. The molecule has 23 heavy (non-hydrogen) atoms. The zero-order chi connectivity index (χ0) is 16.4. The lowest BCUT2D eigenvalue weighted by Crippen LogP contribution is -2.26. The Bertz CT molecular complexity index is 753. The van der Waals surface area contributed by atoms with Crippen LogP contribution in [-0.4, -0.2) is 28.5 Å². The number of nitro groups is 1. The van der Waals surface area contributed by atoms with Crippen LogP contribution in [0.15, 0.2) is 23.6 Å². The highest BCUT2D eigenvalue weighted by Crippen LogP contribution is 2.29. The molecule has 0 spiro atoms. The van der Waals surface area contributed by atoms with Gasteiger partial charge >= 0.3 is 0 Å². The van der Waals surface area contributed by atoms with Crippen LogP contribution in [-0.2, 0) is 9.53 Å². The number of amides is 1. The van der Waals surface area contributed by atoms with Crippen molar-refractivity contribution in [2.75, 3.05) is 11.9 Å². The zero-order valence-corrected chi connectivity index (χ0v) is 13.3. The number of hydrogen-bond donors (Lipinski definition) is 1. The van der Waals surface area contributed by atoms with E-state index in [1.807, 2.05) is 0 Å². The van der Waals surface area contributed by atoms with E-state index in [0.29, 0.717) is 35.0 Å². The molecule has 1 aliphatic heterocycles. The first-order valence-electron chi connectivity index (χ1n) is 7.18. The molecule has 0 aliphatic carbocycles. The van der Waals surface area contributed by atoms with Crippen molar-refractivity contribution in [3.05, 3.63) is 39.3 Å². The minimum Gasteiger partial charge on any atom is -0.368 e. The Hall–Kier alpha value is -2.32. The Balaban J connectivity index is 1.77. The highest BCUT2D eigenvalue weighted by atomic mass is 32.1. The van der Waals surface area contributed by atoms with Crippen molar-refractivity contribution in [3.8, 4) is 11.3 Å². The zero-order valence-electron chi connectivity index (χ0n) is 12.4. The fourth-order valence-electron chi connectivity index (χ4n) is 2.40. The van der Waals surface area contributed by atoms with Crippen molar-refractivity contribution < 1.29 is 14.5 Å². The SMILES string of the molecule is Cc1ccc(-c2csc(NC(=O)C3CCCO3)n2)cc1[N+](=O)[O-]. The Kier molecular flexibility index (Phi) is 4.35. The minimum atomic E-state index is -0.414. The van der Waals surface area contributed by atoms with Gasteiger partial charge in [0, 0.05) is 29.2 Å². The number of aromatic nitrogens is 1. The Morgan fingerprint density at radius 1 is 1.52 bits per heavy atom. The molecule has 1 atom stereocenters. The maximum Gasteiger partial charge on any atom is 0.272 e. The summed E-state index contributed by atoms with van der Waals surface area (Å²) in [5, 5.41) is 16.0. The summed E-state index contributed by atoms with van der Waals surface area (Å²) in [6.07, 6.45) is 1.19. The van der Waals surface area contributed by atoms with Crippen LogP contribution in [0.2, 0.25) is 0 Å². The molecule has 1 fully saturated rings. The number of aryl methyl sites for hydroxylation is 1. The summed E-state index contributed by atoms with van der Waals surface area (Å²) in [6, 6.07) is 4.97. The van der Waals surface area contributed by atoms with Gasteiger partial charge in [-0.25, -0.2) is 4.98 Å². The van der Waals surface area contributed by atoms with E-state index in [2.05, 4.69) is 10.3 Å². The number of benzene rings is 1. The fourth-order valence-corrected chi connectivity index (χ4v) is 3.12. The Morgan fingerprint density at radius 3 is 3.04 bits per heavy atom. The predicted molar refractivity (Wildman–Crippen MR) is 86.5 cm³/mol. The number of nitrogens with one attached hydrogen (secondary N) is 1. The van der Waals surface area contributed by atoms with E-state index in [4.69, 9.17) is 4.74 Å². The summed E-state index contributed by atoms with van der Waals surface area (Å²) >= 11 is 1.28. The van der Waals surface area contributed by atoms with Gasteiger partial charge in [-0.15, -0.1) is 11.3 Å². The molecular formula is C15H15N3O4S. The van der Waals surface area contributed by atoms with Gasteiger partial charge in [-0.2, -0.15) is 0 Å². The molecule has 0 bridgehead atoms. The maximum atomic E-state index is 12.0. The van der Waals surface area contributed by atoms with Crippen LogP contribution in [0.4, 0.5) is 10.8 Å². The standard InChI is InChI=1S/C15H15N3O4S/c1-9-4-5-10(7-12(9)18(20)21)11-8-23-15(16-11)17-14(19)13-3-2-6-22-13/h4-5,7-8,13H,2-3,6H2,1H3,(H,16,17,19). The molecule has 3 rings (SSSR count). The first kappa shape index (κ1) is 15.6. The molecule has 1 aromatic carbocycles. The molecule has 2 heterocycles. The molecule has 1 aliphatic rings. The fraction of sp³-hybridized carbons (Fsp3) is 0.333. The average Bonchev–Trinajstić information content (AvgIpc) is 3.18. The molecule has 2 aromatic rings. The van der Waals surface area contributed by atoms with Crippen molar-refractivity contribution >= 4 is 28.1 Å². The summed E-state index contributed by atoms with van der Waals surface area (Å²) in [5.41, 5.74) is 1.90. The molecule has 1 amide bonds. The average molecular weight is 333 g/mol. The summed E-state index contributed by atoms with van der Waals surface area (Å²) in [4.78, 5) is 26.9. The van der Waals surface area contributed by atoms with Crippen molar-refractivity contribution in [1.29, 1.82) is 0 Å². The topological polar surface area (TPSA) is 94.4 Å². The van der Waals surface area contributed by atoms with Gasteiger partial charge in [0.1, 0.15) is 6.10 Å². The van der Waals surface area contributed by atoms with Gasteiger partial charge in [-0.1, -0.05) is 12.1 Å². The lowest BCUT2D eigenvalue weighted by atomic mass is 10.1. The van der Waals surface area contributed by atoms with Gasteiger partial charge in [0.25, 0.3) is 11.6 Å². The number of nitrogens with zero attached hydrogens (tertiary/aromatic N) is 2. The molecule has 7 nitrogen and oxygen atoms in total. The third kappa shape index (κ3) is 3.38. The number of ether oxygens (including phenoxy) is 1. The third-order valence-electron chi connectivity index (χ3n) is 3.66. The van der Waals surface area contributed by atoms with Crippen LogP contribution in [0.1, 0.15) is 18.4 Å². The van der Waals surface area contributed by atoms with Crippen molar-refractivity contribution in [3.63, 3.8) is 0 Å². The van der Waals surface area contributed by atoms with Gasteiger partial charge in [-0.3, -0.25) is 20.2 Å². The number of rotatable bonds is 4. The van der Waals surface area contributed by atoms with Gasteiger partial charge in [0.2, 0.25) is 0 Å². The second kappa shape index (κ2) is 6.43. The van der Waals surface area contributed by atoms with Crippen LogP contribution in [0.5, 0.6) is 0 Å². The van der Waals surface area contributed by atoms with Gasteiger partial charge in [0.15, 0.2) is 5.13 Å². The predicted octanol–water partition coefficient (Wildman–Crippen LogP) is 3.14. The number of nitro benzene ring substituents is 1. The minimum absolute atomic E-state index is 0.0560. The smallest absolute Gasteiger partial charge is 0.272 e. The van der Waals surface area contributed by atoms with Crippen LogP contribution >= 0.6 is 11.3 Å². The molecule has 1 aromatic heterocycles. The van der Waals surface area contributed by atoms with Crippen molar-refractivity contribution in [2.45, 2.75) is 25.9 Å². The first-order valence-corrected chi connectivity index (χ1v) is 8.06. The lowest BCUT2D eigenvalue weighted by molar-refractivity contribution is -0.385. The van der Waals surface area contributed by atoms with Crippen molar-refractivity contribution in [2.24, 2.45) is 0 Å². The Labute approximate surface area is 136 Å². The third-order valence-corrected chi connectivity index (χ3v) is 4.42. The number of hydrogen-bond acceptors (Lipinski definition) is 6. The van der Waals surface area contributed by atoms with Crippen LogP contribution in [0.25, 0.3) is 11.3 Å². The quantitative estimate of drug-likeness (QED) is 0.685. The number of anilines is 1. The molecule has 1 N–H and O–H groups in total. The number of carbonyl (C=O) groups excluding carboxylic acids is 1. The summed E-state index contributed by atoms with van der Waals surface area (Å²) in [6.45, 7) is 2.30. The van der Waals surface area contributed by atoms with Crippen molar-refractivity contribution in [1.82, 2.24) is 4.98 Å². The maximum absolute atomic E-state index is 12.0. The van der Waals surface area contributed by atoms with Gasteiger partial charge < -0.3 is 4.74 Å². The van der Waals surface area contributed by atoms with E-state index in [0.717, 1.165) is 6.42 Å². The largest absolute Gasteiger partial charge is 0.368 e. The summed E-state index contributed by atoms with van der Waals surface area (Å²) in [7, 11) is 0. The van der Waals surface area contributed by atoms with Gasteiger partial charge in [-0.05, 0) is 19.8 Å². The molecule has 8 heteroatoms. The molecular weight excluding hydrogens is 318 g/mol. The van der Waals surface area contributed by atoms with Gasteiger partial charge in [0.05, 0.1) is 10.6 Å². The second-order valence-electron chi connectivity index (χ2n) is 5.29. The Morgan fingerprint density at radius 2 is 2.35 bits per heavy atom. The second-order valence-corrected chi connectivity index (χ2v) is 6.15. The first-order chi connectivity index (χ1) is 11.0. The number of carbonyl (C=O) groups is 1. The number of thiazole rings is 1. The van der Waals surface area contributed by atoms with E-state index in [1.54, 1.807) is 24.4 Å². The molecule has 1 saturated heterocycles. The van der Waals surface area contributed by atoms with E-state index in [-0.39, 0.29) is 11.6 Å². The normalized spacial score (nSPS) is 17.2. The van der Waals surface area contributed by atoms with Crippen LogP contribution < -0.4 is 5.32 Å². The van der Waals surface area contributed by atoms with E-state index in [9.17, 15) is 14.9 Å². The molecule has 0 radical (unpaired) electrons. The van der Waals surface area contributed by atoms with E-state index in [1.165, 1.54) is 17.4 Å². The summed E-state index contributed by atoms with van der Waals surface area (Å²) in [5.74, 6) is -0.196. The van der Waals surface area contributed by atoms with Crippen LogP contribution in [0.3, 0.4) is 0 Å². The summed E-state index contributed by atoms with van der Waals surface area (Å²) < 4.78 is 5.32. The van der Waals surface area contributed by atoms with E-state index < -0.39 is 11.0 Å². The highest BCUT2D eigenvalue weighted by Gasteiger charge is 2.24. The monoisotopic (exact) mass is 333 g/mol. The van der Waals surface area contributed by atoms with Crippen LogP contribution in [0, 0.1) is 17.0 Å². The lowest BCUT2D eigenvalue weighted by Gasteiger charge is -2.07. The highest BCUT2D eigenvalue weighted by molar-refractivity contribution is 7.14. The van der Waals surface area contributed by atoms with E-state index >= 15 is 0 Å². The molecule has 1 unspecified atom stereocenters.